The van der Waals surface area contributed by atoms with Crippen molar-refractivity contribution in [2.75, 3.05) is 0 Å². The molecule has 6 rings (SSSR count). The van der Waals surface area contributed by atoms with Gasteiger partial charge in [-0.1, -0.05) is 71.0 Å². The van der Waals surface area contributed by atoms with Gasteiger partial charge in [0.15, 0.2) is 0 Å². The minimum Gasteiger partial charge on any atom is -0.241 e. The lowest BCUT2D eigenvalue weighted by Gasteiger charge is -2.09. The quantitative estimate of drug-likeness (QED) is 0.222. The maximum atomic E-state index is 4.88. The lowest BCUT2D eigenvalue weighted by atomic mass is 10.1. The van der Waals surface area contributed by atoms with Crippen LogP contribution in [0.4, 0.5) is 0 Å². The Morgan fingerprint density at radius 2 is 0.842 bits per heavy atom. The van der Waals surface area contributed by atoms with Gasteiger partial charge < -0.3 is 0 Å². The van der Waals surface area contributed by atoms with Gasteiger partial charge in [0.1, 0.15) is 10.1 Å². The first-order chi connectivity index (χ1) is 18.4. The van der Waals surface area contributed by atoms with Crippen LogP contribution >= 0.6 is 23.5 Å². The van der Waals surface area contributed by atoms with Gasteiger partial charge in [-0.25, -0.2) is 9.97 Å². The van der Waals surface area contributed by atoms with Crippen molar-refractivity contribution in [2.45, 2.75) is 47.5 Å². The molecule has 6 aromatic rings. The normalized spacial score (nSPS) is 11.4. The third kappa shape index (κ3) is 5.20. The van der Waals surface area contributed by atoms with Crippen LogP contribution in [-0.4, -0.2) is 9.97 Å². The summed E-state index contributed by atoms with van der Waals surface area (Å²) in [6.45, 7) is 8.57. The molecule has 0 radical (unpaired) electrons. The second-order valence-corrected chi connectivity index (χ2v) is 12.0. The zero-order valence-corrected chi connectivity index (χ0v) is 23.6. The fourth-order valence-electron chi connectivity index (χ4n) is 4.73. The van der Waals surface area contributed by atoms with Crippen LogP contribution in [0.25, 0.3) is 32.9 Å². The van der Waals surface area contributed by atoms with E-state index in [1.54, 1.807) is 23.5 Å². The average Bonchev–Trinajstić information content (AvgIpc) is 2.91. The zero-order valence-electron chi connectivity index (χ0n) is 21.9. The molecule has 4 heteroatoms. The van der Waals surface area contributed by atoms with Gasteiger partial charge in [-0.15, -0.1) is 0 Å². The van der Waals surface area contributed by atoms with Crippen LogP contribution in [0.2, 0.25) is 0 Å². The highest BCUT2D eigenvalue weighted by Crippen LogP contribution is 2.34. The lowest BCUT2D eigenvalue weighted by molar-refractivity contribution is 1.16. The molecule has 0 aliphatic carbocycles. The van der Waals surface area contributed by atoms with Crippen molar-refractivity contribution in [3.8, 4) is 11.1 Å². The minimum atomic E-state index is 1.03. The number of rotatable bonds is 5. The van der Waals surface area contributed by atoms with Crippen molar-refractivity contribution in [1.29, 1.82) is 0 Å². The van der Waals surface area contributed by atoms with Crippen molar-refractivity contribution >= 4 is 45.3 Å². The van der Waals surface area contributed by atoms with Crippen LogP contribution < -0.4 is 0 Å². The second kappa shape index (κ2) is 10.3. The number of hydrogen-bond donors (Lipinski definition) is 0. The van der Waals surface area contributed by atoms with E-state index in [4.69, 9.17) is 9.97 Å². The van der Waals surface area contributed by atoms with E-state index in [0.717, 1.165) is 21.1 Å². The second-order valence-electron chi connectivity index (χ2n) is 9.85. The summed E-state index contributed by atoms with van der Waals surface area (Å²) in [5.74, 6) is 0. The molecule has 0 bridgehead atoms. The summed E-state index contributed by atoms with van der Waals surface area (Å²) >= 11 is 3.42. The summed E-state index contributed by atoms with van der Waals surface area (Å²) in [6, 6.07) is 34.8. The third-order valence-corrected chi connectivity index (χ3v) is 8.63. The molecule has 2 heterocycles. The van der Waals surface area contributed by atoms with E-state index in [-0.39, 0.29) is 0 Å². The van der Waals surface area contributed by atoms with Crippen molar-refractivity contribution in [3.63, 3.8) is 0 Å². The number of hydrogen-bond acceptors (Lipinski definition) is 4. The van der Waals surface area contributed by atoms with Gasteiger partial charge in [-0.2, -0.15) is 0 Å². The summed E-state index contributed by atoms with van der Waals surface area (Å²) in [5.41, 5.74) is 9.58. The number of aromatic nitrogens is 2. The molecule has 0 saturated heterocycles. The van der Waals surface area contributed by atoms with Crippen LogP contribution in [-0.2, 0) is 0 Å². The van der Waals surface area contributed by atoms with Gasteiger partial charge in [0.25, 0.3) is 0 Å². The highest BCUT2D eigenvalue weighted by molar-refractivity contribution is 7.99. The van der Waals surface area contributed by atoms with Crippen LogP contribution in [0.3, 0.4) is 0 Å². The molecule has 2 aromatic heterocycles. The SMILES string of the molecule is Cc1ccc2nc(Sc3ccc(-c4ccc(Sc5cc(C)c6cc(C)ccc6n5)cc4)cc3)cc(C)c2c1. The number of fused-ring (bicyclic) bond motifs is 2. The first-order valence-corrected chi connectivity index (χ1v) is 14.4. The molecule has 0 atom stereocenters. The molecule has 2 nitrogen and oxygen atoms in total. The molecule has 0 amide bonds. The Balaban J connectivity index is 1.17. The van der Waals surface area contributed by atoms with Gasteiger partial charge in [-0.3, -0.25) is 0 Å². The van der Waals surface area contributed by atoms with E-state index >= 15 is 0 Å². The maximum absolute atomic E-state index is 4.88. The van der Waals surface area contributed by atoms with Crippen LogP contribution in [0.1, 0.15) is 22.3 Å². The van der Waals surface area contributed by atoms with Gasteiger partial charge in [0.2, 0.25) is 0 Å². The standard InChI is InChI=1S/C34H28N2S2/c1-21-5-15-31-29(17-21)23(3)19-33(35-31)37-27-11-7-25(8-12-27)26-9-13-28(14-10-26)38-34-20-24(4)30-18-22(2)6-16-32(30)36-34/h5-20H,1-4H3. The van der Waals surface area contributed by atoms with E-state index < -0.39 is 0 Å². The van der Waals surface area contributed by atoms with E-state index in [0.29, 0.717) is 0 Å². The summed E-state index contributed by atoms with van der Waals surface area (Å²) in [5, 5.41) is 4.52. The van der Waals surface area contributed by atoms with E-state index in [1.807, 2.05) is 0 Å². The largest absolute Gasteiger partial charge is 0.241 e. The molecule has 0 aliphatic heterocycles. The maximum Gasteiger partial charge on any atom is 0.102 e. The Hall–Kier alpha value is -3.60. The molecule has 38 heavy (non-hydrogen) atoms. The van der Waals surface area contributed by atoms with Crippen molar-refractivity contribution in [2.24, 2.45) is 0 Å². The minimum absolute atomic E-state index is 1.03. The third-order valence-electron chi connectivity index (χ3n) is 6.78. The van der Waals surface area contributed by atoms with Crippen LogP contribution in [0.15, 0.2) is 117 Å². The van der Waals surface area contributed by atoms with Gasteiger partial charge in [0.05, 0.1) is 11.0 Å². The van der Waals surface area contributed by atoms with E-state index in [2.05, 4.69) is 125 Å². The fourth-order valence-corrected chi connectivity index (χ4v) is 6.52. The molecule has 0 aliphatic rings. The molecule has 0 fully saturated rings. The monoisotopic (exact) mass is 528 g/mol. The molecular weight excluding hydrogens is 501 g/mol. The average molecular weight is 529 g/mol. The number of pyridine rings is 2. The lowest BCUT2D eigenvalue weighted by Crippen LogP contribution is -1.88. The van der Waals surface area contributed by atoms with E-state index in [1.165, 1.54) is 53.9 Å². The zero-order chi connectivity index (χ0) is 26.2. The van der Waals surface area contributed by atoms with Crippen LogP contribution in [0.5, 0.6) is 0 Å². The predicted molar refractivity (Wildman–Crippen MR) is 163 cm³/mol. The van der Waals surface area contributed by atoms with Crippen LogP contribution in [0, 0.1) is 27.7 Å². The molecule has 0 spiro atoms. The first-order valence-electron chi connectivity index (χ1n) is 12.7. The Morgan fingerprint density at radius 1 is 0.447 bits per heavy atom. The Kier molecular flexibility index (Phi) is 6.69. The highest BCUT2D eigenvalue weighted by atomic mass is 32.2. The van der Waals surface area contributed by atoms with Crippen molar-refractivity contribution in [1.82, 2.24) is 9.97 Å². The first kappa shape index (κ1) is 24.7. The molecule has 0 N–H and O–H groups in total. The summed E-state index contributed by atoms with van der Waals surface area (Å²) in [6.07, 6.45) is 0. The van der Waals surface area contributed by atoms with Gasteiger partial charge in [0, 0.05) is 20.6 Å². The molecular formula is C34H28N2S2. The Bertz CT molecular complexity index is 1650. The smallest absolute Gasteiger partial charge is 0.102 e. The number of aryl methyl sites for hydroxylation is 4. The number of nitrogens with zero attached hydrogens (tertiary/aromatic N) is 2. The van der Waals surface area contributed by atoms with Crippen molar-refractivity contribution < 1.29 is 0 Å². The van der Waals surface area contributed by atoms with Gasteiger partial charge >= 0.3 is 0 Å². The van der Waals surface area contributed by atoms with E-state index in [9.17, 15) is 0 Å². The molecule has 0 saturated carbocycles. The molecule has 4 aromatic carbocycles. The molecule has 186 valence electrons. The molecule has 0 unspecified atom stereocenters. The number of benzene rings is 4. The van der Waals surface area contributed by atoms with Crippen molar-refractivity contribution in [3.05, 3.63) is 119 Å². The summed E-state index contributed by atoms with van der Waals surface area (Å²) < 4.78 is 0. The summed E-state index contributed by atoms with van der Waals surface area (Å²) in [4.78, 5) is 12.1. The fraction of sp³-hybridized carbons (Fsp3) is 0.118. The van der Waals surface area contributed by atoms with Gasteiger partial charge in [-0.05, 0) is 111 Å². The summed E-state index contributed by atoms with van der Waals surface area (Å²) in [7, 11) is 0. The predicted octanol–water partition coefficient (Wildman–Crippen LogP) is 9.99. The Morgan fingerprint density at radius 3 is 1.24 bits per heavy atom. The Labute approximate surface area is 232 Å². The highest BCUT2D eigenvalue weighted by Gasteiger charge is 2.08. The topological polar surface area (TPSA) is 25.8 Å².